The average molecular weight is 235 g/mol. The molecule has 0 saturated heterocycles. The molecule has 0 aliphatic rings. The molecule has 0 radical (unpaired) electrons. The minimum absolute atomic E-state index is 0.0230. The van der Waals surface area contributed by atoms with Crippen LogP contribution in [-0.2, 0) is 0 Å². The zero-order valence-corrected chi connectivity index (χ0v) is 9.99. The van der Waals surface area contributed by atoms with Crippen LogP contribution >= 0.6 is 0 Å². The van der Waals surface area contributed by atoms with Crippen molar-refractivity contribution in [3.63, 3.8) is 0 Å². The third kappa shape index (κ3) is 2.34. The molecule has 90 valence electrons. The van der Waals surface area contributed by atoms with E-state index < -0.39 is 0 Å². The Bertz CT molecular complexity index is 524. The van der Waals surface area contributed by atoms with Crippen molar-refractivity contribution in [1.82, 2.24) is 15.5 Å². The molecule has 1 N–H and O–H groups in total. The topological polar surface area (TPSA) is 51.0 Å². The van der Waals surface area contributed by atoms with Crippen LogP contribution in [-0.4, -0.2) is 17.2 Å². The maximum absolute atomic E-state index is 13.2. The second-order valence-corrected chi connectivity index (χ2v) is 3.92. The number of benzene rings is 1. The quantitative estimate of drug-likeness (QED) is 0.887. The molecule has 0 aliphatic carbocycles. The maximum Gasteiger partial charge on any atom is 0.248 e. The van der Waals surface area contributed by atoms with Gasteiger partial charge in [0, 0.05) is 5.56 Å². The molecule has 1 heterocycles. The van der Waals surface area contributed by atoms with Gasteiger partial charge in [0.15, 0.2) is 0 Å². The Morgan fingerprint density at radius 3 is 2.82 bits per heavy atom. The molecule has 0 aliphatic heterocycles. The molecule has 5 heteroatoms. The largest absolute Gasteiger partial charge is 0.419 e. The van der Waals surface area contributed by atoms with Gasteiger partial charge in [-0.25, -0.2) is 4.39 Å². The van der Waals surface area contributed by atoms with Crippen molar-refractivity contribution in [2.24, 2.45) is 0 Å². The molecule has 2 aromatic rings. The second-order valence-electron chi connectivity index (χ2n) is 3.92. The summed E-state index contributed by atoms with van der Waals surface area (Å²) in [5.41, 5.74) is 1.53. The van der Waals surface area contributed by atoms with Crippen molar-refractivity contribution < 1.29 is 8.81 Å². The normalized spacial score (nSPS) is 12.7. The highest BCUT2D eigenvalue weighted by molar-refractivity contribution is 5.57. The molecule has 1 unspecified atom stereocenters. The molecule has 0 saturated carbocycles. The molecule has 2 rings (SSSR count). The Morgan fingerprint density at radius 2 is 2.12 bits per heavy atom. The first-order chi connectivity index (χ1) is 8.11. The number of hydrogen-bond acceptors (Lipinski definition) is 4. The Kier molecular flexibility index (Phi) is 3.19. The smallest absolute Gasteiger partial charge is 0.248 e. The van der Waals surface area contributed by atoms with Crippen molar-refractivity contribution in [1.29, 1.82) is 0 Å². The fourth-order valence-corrected chi connectivity index (χ4v) is 1.47. The van der Waals surface area contributed by atoms with Gasteiger partial charge < -0.3 is 9.73 Å². The van der Waals surface area contributed by atoms with Gasteiger partial charge >= 0.3 is 0 Å². The lowest BCUT2D eigenvalue weighted by Gasteiger charge is -2.03. The summed E-state index contributed by atoms with van der Waals surface area (Å²) in [4.78, 5) is 0. The standard InChI is InChI=1S/C12H14FN3O/c1-7-4-5-9(13)6-10(7)12-16-15-11(17-12)8(2)14-3/h4-6,8,14H,1-3H3. The predicted molar refractivity (Wildman–Crippen MR) is 61.9 cm³/mol. The molecule has 4 nitrogen and oxygen atoms in total. The lowest BCUT2D eigenvalue weighted by molar-refractivity contribution is 0.441. The van der Waals surface area contributed by atoms with Crippen LogP contribution in [0, 0.1) is 12.7 Å². The van der Waals surface area contributed by atoms with E-state index in [0.29, 0.717) is 17.3 Å². The van der Waals surface area contributed by atoms with E-state index >= 15 is 0 Å². The highest BCUT2D eigenvalue weighted by Gasteiger charge is 2.15. The van der Waals surface area contributed by atoms with Crippen LogP contribution in [0.15, 0.2) is 22.6 Å². The summed E-state index contributed by atoms with van der Waals surface area (Å²) < 4.78 is 18.7. The van der Waals surface area contributed by atoms with Gasteiger partial charge in [-0.05, 0) is 38.6 Å². The summed E-state index contributed by atoms with van der Waals surface area (Å²) >= 11 is 0. The van der Waals surface area contributed by atoms with Crippen LogP contribution in [0.1, 0.15) is 24.4 Å². The minimum Gasteiger partial charge on any atom is -0.419 e. The third-order valence-corrected chi connectivity index (χ3v) is 2.67. The van der Waals surface area contributed by atoms with Crippen LogP contribution in [0.4, 0.5) is 4.39 Å². The van der Waals surface area contributed by atoms with Gasteiger partial charge in [0.25, 0.3) is 0 Å². The Hall–Kier alpha value is -1.75. The Balaban J connectivity index is 2.40. The van der Waals surface area contributed by atoms with E-state index in [2.05, 4.69) is 15.5 Å². The highest BCUT2D eigenvalue weighted by Crippen LogP contribution is 2.24. The molecule has 0 spiro atoms. The SMILES string of the molecule is CNC(C)c1nnc(-c2cc(F)ccc2C)o1. The summed E-state index contributed by atoms with van der Waals surface area (Å²) in [7, 11) is 1.81. The highest BCUT2D eigenvalue weighted by atomic mass is 19.1. The molecular weight excluding hydrogens is 221 g/mol. The van der Waals surface area contributed by atoms with Crippen molar-refractivity contribution >= 4 is 0 Å². The second kappa shape index (κ2) is 4.63. The van der Waals surface area contributed by atoms with E-state index in [-0.39, 0.29) is 11.9 Å². The summed E-state index contributed by atoms with van der Waals surface area (Å²) in [6.07, 6.45) is 0. The van der Waals surface area contributed by atoms with E-state index in [1.165, 1.54) is 12.1 Å². The van der Waals surface area contributed by atoms with E-state index in [1.54, 1.807) is 6.07 Å². The maximum atomic E-state index is 13.2. The molecule has 1 aromatic carbocycles. The molecule has 1 atom stereocenters. The molecular formula is C12H14FN3O. The lowest BCUT2D eigenvalue weighted by atomic mass is 10.1. The number of rotatable bonds is 3. The number of halogens is 1. The van der Waals surface area contributed by atoms with Crippen LogP contribution in [0.2, 0.25) is 0 Å². The van der Waals surface area contributed by atoms with Gasteiger partial charge in [-0.2, -0.15) is 0 Å². The van der Waals surface area contributed by atoms with Crippen molar-refractivity contribution in [3.05, 3.63) is 35.5 Å². The van der Waals surface area contributed by atoms with Gasteiger partial charge in [0.05, 0.1) is 6.04 Å². The first-order valence-corrected chi connectivity index (χ1v) is 5.39. The van der Waals surface area contributed by atoms with E-state index in [0.717, 1.165) is 5.56 Å². The van der Waals surface area contributed by atoms with Gasteiger partial charge in [-0.1, -0.05) is 6.07 Å². The Labute approximate surface area is 98.9 Å². The molecule has 0 bridgehead atoms. The molecule has 0 amide bonds. The van der Waals surface area contributed by atoms with Crippen LogP contribution in [0.5, 0.6) is 0 Å². The molecule has 1 aromatic heterocycles. The number of hydrogen-bond donors (Lipinski definition) is 1. The first-order valence-electron chi connectivity index (χ1n) is 5.39. The van der Waals surface area contributed by atoms with Crippen molar-refractivity contribution in [2.45, 2.75) is 19.9 Å². The summed E-state index contributed by atoms with van der Waals surface area (Å²) in [5, 5.41) is 10.9. The van der Waals surface area contributed by atoms with E-state index in [1.807, 2.05) is 20.9 Å². The third-order valence-electron chi connectivity index (χ3n) is 2.67. The average Bonchev–Trinajstić information content (AvgIpc) is 2.80. The van der Waals surface area contributed by atoms with Crippen molar-refractivity contribution in [2.75, 3.05) is 7.05 Å². The van der Waals surface area contributed by atoms with Crippen LogP contribution in [0.25, 0.3) is 11.5 Å². The van der Waals surface area contributed by atoms with Gasteiger partial charge in [-0.15, -0.1) is 10.2 Å². The van der Waals surface area contributed by atoms with Crippen LogP contribution in [0.3, 0.4) is 0 Å². The minimum atomic E-state index is -0.313. The zero-order chi connectivity index (χ0) is 12.4. The summed E-state index contributed by atoms with van der Waals surface area (Å²) in [6.45, 7) is 3.79. The molecule has 0 fully saturated rings. The van der Waals surface area contributed by atoms with E-state index in [4.69, 9.17) is 4.42 Å². The summed E-state index contributed by atoms with van der Waals surface area (Å²) in [5.74, 6) is 0.525. The summed E-state index contributed by atoms with van der Waals surface area (Å²) in [6, 6.07) is 4.48. The molecule has 17 heavy (non-hydrogen) atoms. The predicted octanol–water partition coefficient (Wildman–Crippen LogP) is 2.46. The number of nitrogens with one attached hydrogen (secondary N) is 1. The van der Waals surface area contributed by atoms with Gasteiger partial charge in [-0.3, -0.25) is 0 Å². The zero-order valence-electron chi connectivity index (χ0n) is 9.99. The van der Waals surface area contributed by atoms with Gasteiger partial charge in [0.1, 0.15) is 5.82 Å². The van der Waals surface area contributed by atoms with E-state index in [9.17, 15) is 4.39 Å². The number of nitrogens with zero attached hydrogens (tertiary/aromatic N) is 2. The number of aryl methyl sites for hydroxylation is 1. The fraction of sp³-hybridized carbons (Fsp3) is 0.333. The van der Waals surface area contributed by atoms with Crippen molar-refractivity contribution in [3.8, 4) is 11.5 Å². The Morgan fingerprint density at radius 1 is 1.35 bits per heavy atom. The van der Waals surface area contributed by atoms with Crippen LogP contribution < -0.4 is 5.32 Å². The first kappa shape index (κ1) is 11.7. The lowest BCUT2D eigenvalue weighted by Crippen LogP contribution is -2.12. The van der Waals surface area contributed by atoms with Gasteiger partial charge in [0.2, 0.25) is 11.8 Å². The fourth-order valence-electron chi connectivity index (χ4n) is 1.47. The number of aromatic nitrogens is 2. The monoisotopic (exact) mass is 235 g/mol.